The lowest BCUT2D eigenvalue weighted by molar-refractivity contribution is -0.139. The molecule has 8 heteroatoms. The number of halogens is 5. The van der Waals surface area contributed by atoms with Gasteiger partial charge in [0.1, 0.15) is 11.3 Å². The molecule has 3 N–H and O–H groups in total. The third kappa shape index (κ3) is 2.08. The van der Waals surface area contributed by atoms with Crippen LogP contribution in [0.5, 0.6) is 5.75 Å². The highest BCUT2D eigenvalue weighted by molar-refractivity contribution is 5.59. The summed E-state index contributed by atoms with van der Waals surface area (Å²) >= 11 is 0. The lowest BCUT2D eigenvalue weighted by atomic mass is 10.1. The summed E-state index contributed by atoms with van der Waals surface area (Å²) in [6.45, 7) is 0. The number of nitrogens with zero attached hydrogens (tertiary/aromatic N) is 1. The van der Waals surface area contributed by atoms with E-state index in [-0.39, 0.29) is 0 Å². The molecule has 0 amide bonds. The number of hydrogen-bond acceptors (Lipinski definition) is 3. The fraction of sp³-hybridized carbons (Fsp3) is 0.286. The maximum atomic E-state index is 12.3. The van der Waals surface area contributed by atoms with Gasteiger partial charge in [-0.05, 0) is 0 Å². The monoisotopic (exact) mass is 228 g/mol. The summed E-state index contributed by atoms with van der Waals surface area (Å²) < 4.78 is 61.2. The van der Waals surface area contributed by atoms with Crippen LogP contribution < -0.4 is 5.73 Å². The molecule has 0 aromatic carbocycles. The van der Waals surface area contributed by atoms with Crippen LogP contribution in [0.15, 0.2) is 6.20 Å². The van der Waals surface area contributed by atoms with Gasteiger partial charge in [-0.1, -0.05) is 0 Å². The second kappa shape index (κ2) is 3.52. The molecule has 0 aliphatic carbocycles. The minimum atomic E-state index is -5.08. The quantitative estimate of drug-likeness (QED) is 0.725. The predicted octanol–water partition coefficient (Wildman–Crippen LogP) is 2.33. The van der Waals surface area contributed by atoms with Crippen LogP contribution >= 0.6 is 0 Å². The van der Waals surface area contributed by atoms with E-state index >= 15 is 0 Å². The van der Waals surface area contributed by atoms with Crippen LogP contribution in [0.1, 0.15) is 17.7 Å². The molecule has 0 unspecified atom stereocenters. The molecule has 0 fully saturated rings. The molecule has 1 aromatic heterocycles. The topological polar surface area (TPSA) is 59.1 Å². The molecule has 0 saturated carbocycles. The van der Waals surface area contributed by atoms with Gasteiger partial charge in [-0.25, -0.2) is 8.78 Å². The SMILES string of the molecule is Nc1c(O)cnc(C(F)F)c1C(F)(F)F. The number of pyridine rings is 1. The molecule has 84 valence electrons. The highest BCUT2D eigenvalue weighted by atomic mass is 19.4. The summed E-state index contributed by atoms with van der Waals surface area (Å²) in [5.41, 5.74) is 0.436. The highest BCUT2D eigenvalue weighted by Gasteiger charge is 2.40. The Morgan fingerprint density at radius 2 is 1.87 bits per heavy atom. The summed E-state index contributed by atoms with van der Waals surface area (Å²) in [5, 5.41) is 8.84. The van der Waals surface area contributed by atoms with E-state index < -0.39 is 35.3 Å². The van der Waals surface area contributed by atoms with E-state index in [0.29, 0.717) is 6.20 Å². The smallest absolute Gasteiger partial charge is 0.420 e. The fourth-order valence-corrected chi connectivity index (χ4v) is 0.994. The molecular formula is C7H5F5N2O. The van der Waals surface area contributed by atoms with E-state index in [1.807, 2.05) is 0 Å². The Labute approximate surface area is 80.3 Å². The normalized spacial score (nSPS) is 12.1. The third-order valence-electron chi connectivity index (χ3n) is 1.62. The Morgan fingerprint density at radius 3 is 2.27 bits per heavy atom. The molecule has 0 bridgehead atoms. The van der Waals surface area contributed by atoms with Crippen LogP contribution in [0.3, 0.4) is 0 Å². The molecule has 0 saturated heterocycles. The molecule has 1 aromatic rings. The number of hydrogen-bond donors (Lipinski definition) is 2. The van der Waals surface area contributed by atoms with E-state index in [1.165, 1.54) is 0 Å². The maximum absolute atomic E-state index is 12.3. The fourth-order valence-electron chi connectivity index (χ4n) is 0.994. The second-order valence-corrected chi connectivity index (χ2v) is 2.62. The molecular weight excluding hydrogens is 223 g/mol. The molecule has 0 aliphatic heterocycles. The van der Waals surface area contributed by atoms with Gasteiger partial charge in [0, 0.05) is 0 Å². The largest absolute Gasteiger partial charge is 0.504 e. The summed E-state index contributed by atoms with van der Waals surface area (Å²) in [7, 11) is 0. The van der Waals surface area contributed by atoms with Crippen molar-refractivity contribution in [2.75, 3.05) is 5.73 Å². The van der Waals surface area contributed by atoms with Crippen LogP contribution in [0, 0.1) is 0 Å². The lowest BCUT2D eigenvalue weighted by Crippen LogP contribution is -2.14. The van der Waals surface area contributed by atoms with Gasteiger partial charge in [-0.15, -0.1) is 0 Å². The molecule has 0 radical (unpaired) electrons. The lowest BCUT2D eigenvalue weighted by Gasteiger charge is -2.14. The summed E-state index contributed by atoms with van der Waals surface area (Å²) in [6.07, 6.45) is -8.04. The Hall–Kier alpha value is -1.60. The molecule has 1 rings (SSSR count). The van der Waals surface area contributed by atoms with Crippen LogP contribution in [-0.4, -0.2) is 10.1 Å². The van der Waals surface area contributed by atoms with Crippen molar-refractivity contribution in [1.82, 2.24) is 4.98 Å². The Balaban J connectivity index is 3.49. The van der Waals surface area contributed by atoms with Gasteiger partial charge >= 0.3 is 6.18 Å². The van der Waals surface area contributed by atoms with E-state index in [0.717, 1.165) is 0 Å². The highest BCUT2D eigenvalue weighted by Crippen LogP contribution is 2.41. The number of alkyl halides is 5. The van der Waals surface area contributed by atoms with Gasteiger partial charge in [-0.2, -0.15) is 13.2 Å². The summed E-state index contributed by atoms with van der Waals surface area (Å²) in [5.74, 6) is -0.980. The minimum absolute atomic E-state index is 0.450. The van der Waals surface area contributed by atoms with Crippen molar-refractivity contribution in [3.05, 3.63) is 17.5 Å². The third-order valence-corrected chi connectivity index (χ3v) is 1.62. The average molecular weight is 228 g/mol. The summed E-state index contributed by atoms with van der Waals surface area (Å²) in [4.78, 5) is 2.81. The van der Waals surface area contributed by atoms with Gasteiger partial charge < -0.3 is 10.8 Å². The van der Waals surface area contributed by atoms with E-state index in [4.69, 9.17) is 10.8 Å². The molecule has 1 heterocycles. The zero-order valence-corrected chi connectivity index (χ0v) is 7.02. The molecule has 0 spiro atoms. The number of aromatic nitrogens is 1. The van der Waals surface area contributed by atoms with Crippen LogP contribution in [0.25, 0.3) is 0 Å². The number of rotatable bonds is 1. The van der Waals surface area contributed by atoms with Crippen molar-refractivity contribution in [3.63, 3.8) is 0 Å². The molecule has 0 atom stereocenters. The van der Waals surface area contributed by atoms with E-state index in [2.05, 4.69) is 4.98 Å². The van der Waals surface area contributed by atoms with Gasteiger partial charge in [-0.3, -0.25) is 4.98 Å². The molecule has 3 nitrogen and oxygen atoms in total. The van der Waals surface area contributed by atoms with Crippen molar-refractivity contribution in [2.45, 2.75) is 12.6 Å². The first-order valence-electron chi connectivity index (χ1n) is 3.57. The first kappa shape index (κ1) is 11.5. The van der Waals surface area contributed by atoms with Crippen LogP contribution in [0.2, 0.25) is 0 Å². The van der Waals surface area contributed by atoms with E-state index in [9.17, 15) is 22.0 Å². The standard InChI is InChI=1S/C7H5F5N2O/c8-6(9)5-3(7(10,11)12)4(13)2(15)1-14-5/h1,6,15H,(H2,13,14). The maximum Gasteiger partial charge on any atom is 0.420 e. The number of anilines is 1. The zero-order valence-electron chi connectivity index (χ0n) is 7.02. The van der Waals surface area contributed by atoms with Crippen molar-refractivity contribution in [2.24, 2.45) is 0 Å². The predicted molar refractivity (Wildman–Crippen MR) is 40.3 cm³/mol. The summed E-state index contributed by atoms with van der Waals surface area (Å²) in [6, 6.07) is 0. The van der Waals surface area contributed by atoms with Gasteiger partial charge in [0.05, 0.1) is 11.9 Å². The van der Waals surface area contributed by atoms with Crippen LogP contribution in [0.4, 0.5) is 27.6 Å². The van der Waals surface area contributed by atoms with Crippen LogP contribution in [-0.2, 0) is 6.18 Å². The first-order chi connectivity index (χ1) is 6.75. The van der Waals surface area contributed by atoms with Gasteiger partial charge in [0.25, 0.3) is 6.43 Å². The number of nitrogens with two attached hydrogens (primary N) is 1. The van der Waals surface area contributed by atoms with E-state index in [1.54, 1.807) is 0 Å². The molecule has 15 heavy (non-hydrogen) atoms. The van der Waals surface area contributed by atoms with Crippen molar-refractivity contribution in [1.29, 1.82) is 0 Å². The second-order valence-electron chi connectivity index (χ2n) is 2.62. The van der Waals surface area contributed by atoms with Gasteiger partial charge in [0.15, 0.2) is 5.75 Å². The Bertz CT molecular complexity index is 376. The van der Waals surface area contributed by atoms with Gasteiger partial charge in [0.2, 0.25) is 0 Å². The molecule has 0 aliphatic rings. The van der Waals surface area contributed by atoms with Crippen molar-refractivity contribution >= 4 is 5.69 Å². The van der Waals surface area contributed by atoms with Crippen molar-refractivity contribution in [3.8, 4) is 5.75 Å². The first-order valence-corrected chi connectivity index (χ1v) is 3.57. The zero-order chi connectivity index (χ0) is 11.8. The Morgan fingerprint density at radius 1 is 1.33 bits per heavy atom. The average Bonchev–Trinajstić information content (AvgIpc) is 2.06. The number of aromatic hydroxyl groups is 1. The Kier molecular flexibility index (Phi) is 2.69. The number of nitrogen functional groups attached to an aromatic ring is 1. The van der Waals surface area contributed by atoms with Crippen molar-refractivity contribution < 1.29 is 27.1 Å². The minimum Gasteiger partial charge on any atom is -0.504 e.